The van der Waals surface area contributed by atoms with Crippen molar-refractivity contribution in [2.24, 2.45) is 0 Å². The molecule has 2 nitrogen and oxygen atoms in total. The van der Waals surface area contributed by atoms with Crippen molar-refractivity contribution < 1.29 is 42.8 Å². The quantitative estimate of drug-likeness (QED) is 0.240. The van der Waals surface area contributed by atoms with E-state index in [-0.39, 0.29) is 33.0 Å². The average Bonchev–Trinajstić information content (AvgIpc) is 3.43. The van der Waals surface area contributed by atoms with Crippen LogP contribution in [0.5, 0.6) is 0 Å². The van der Waals surface area contributed by atoms with E-state index in [4.69, 9.17) is 19.1 Å². The van der Waals surface area contributed by atoms with Crippen LogP contribution in [0.1, 0.15) is 11.1 Å². The molecule has 7 heteroatoms. The number of benzene rings is 2. The second-order valence-corrected chi connectivity index (χ2v) is 8.86. The maximum atomic E-state index is 11.5. The van der Waals surface area contributed by atoms with E-state index < -0.39 is 8.00 Å². The van der Waals surface area contributed by atoms with E-state index in [1.54, 1.807) is 6.08 Å². The van der Waals surface area contributed by atoms with Crippen LogP contribution in [0.25, 0.3) is 11.1 Å². The van der Waals surface area contributed by atoms with Gasteiger partial charge in [0.25, 0.3) is 0 Å². The zero-order valence-corrected chi connectivity index (χ0v) is 20.1. The number of hydrogen-bond acceptors (Lipinski definition) is 2. The summed E-state index contributed by atoms with van der Waals surface area (Å²) in [6.45, 7) is 0. The first kappa shape index (κ1) is 26.2. The van der Waals surface area contributed by atoms with Gasteiger partial charge >= 0.3 is 52.1 Å². The molecule has 3 aromatic carbocycles. The summed E-state index contributed by atoms with van der Waals surface area (Å²) >= 11 is -0.106. The first-order chi connectivity index (χ1) is 13.7. The SMILES string of the molecule is [Cl][Pd][Cl].[Fe+2].[O-][P+]([O-])=C1C=CC(c2ccccc2)=C1c1ccccc1.c1cc[cH-]c1. The maximum Gasteiger partial charge on any atom is 2.00 e. The molecule has 4 rings (SSSR count). The van der Waals surface area contributed by atoms with Crippen LogP contribution < -0.4 is 9.79 Å². The normalized spacial score (nSPS) is 11.8. The second kappa shape index (κ2) is 15.0. The number of hydrogen-bond donors (Lipinski definition) is 0. The molecule has 29 heavy (non-hydrogen) atoms. The van der Waals surface area contributed by atoms with Crippen LogP contribution in [-0.4, -0.2) is 5.29 Å². The minimum atomic E-state index is -2.61. The van der Waals surface area contributed by atoms with Gasteiger partial charge < -0.3 is 9.79 Å². The molecule has 0 unspecified atom stereocenters. The smallest absolute Gasteiger partial charge is 0.633 e. The molecule has 0 fully saturated rings. The molecule has 0 aliphatic heterocycles. The monoisotopic (exact) mass is 576 g/mol. The van der Waals surface area contributed by atoms with Crippen molar-refractivity contribution in [3.63, 3.8) is 0 Å². The number of halogens is 2. The van der Waals surface area contributed by atoms with E-state index in [1.165, 1.54) is 0 Å². The van der Waals surface area contributed by atoms with Crippen molar-refractivity contribution >= 4 is 43.5 Å². The van der Waals surface area contributed by atoms with Gasteiger partial charge in [0.2, 0.25) is 0 Å². The van der Waals surface area contributed by atoms with E-state index in [9.17, 15) is 9.79 Å². The molecular weight excluding hydrogens is 560 g/mol. The van der Waals surface area contributed by atoms with E-state index in [0.29, 0.717) is 5.29 Å². The Labute approximate surface area is 199 Å². The van der Waals surface area contributed by atoms with Crippen molar-refractivity contribution in [2.45, 2.75) is 0 Å². The Morgan fingerprint density at radius 1 is 0.724 bits per heavy atom. The van der Waals surface area contributed by atoms with Crippen molar-refractivity contribution in [2.75, 3.05) is 0 Å². The topological polar surface area (TPSA) is 46.1 Å². The minimum Gasteiger partial charge on any atom is -0.633 e. The molecule has 0 radical (unpaired) electrons. The number of allylic oxidation sites excluding steroid dienone is 4. The van der Waals surface area contributed by atoms with Crippen molar-refractivity contribution in [1.82, 2.24) is 0 Å². The molecule has 0 heterocycles. The summed E-state index contributed by atoms with van der Waals surface area (Å²) in [6.07, 6.45) is 3.55. The minimum absolute atomic E-state index is 0. The molecule has 0 saturated carbocycles. The molecule has 0 N–H and O–H groups in total. The van der Waals surface area contributed by atoms with E-state index in [0.717, 1.165) is 22.3 Å². The zero-order chi connectivity index (χ0) is 20.2. The van der Waals surface area contributed by atoms with Gasteiger partial charge in [0.1, 0.15) is 5.29 Å². The van der Waals surface area contributed by atoms with Gasteiger partial charge in [-0.1, -0.05) is 60.7 Å². The van der Waals surface area contributed by atoms with Crippen LogP contribution >= 0.6 is 27.1 Å². The van der Waals surface area contributed by atoms with Gasteiger partial charge in [-0.3, -0.25) is 0 Å². The first-order valence-electron chi connectivity index (χ1n) is 8.23. The van der Waals surface area contributed by atoms with Crippen molar-refractivity contribution in [3.05, 3.63) is 114 Å². The van der Waals surface area contributed by atoms with E-state index in [2.05, 4.69) is 0 Å². The summed E-state index contributed by atoms with van der Waals surface area (Å²) in [5, 5.41) is 0.380. The fourth-order valence-electron chi connectivity index (χ4n) is 2.71. The average molecular weight is 578 g/mol. The Morgan fingerprint density at radius 2 is 1.21 bits per heavy atom. The van der Waals surface area contributed by atoms with Crippen LogP contribution in [0.4, 0.5) is 0 Å². The fraction of sp³-hybridized carbons (Fsp3) is 0. The summed E-state index contributed by atoms with van der Waals surface area (Å²) in [7, 11) is 7.02. The first-order valence-corrected chi connectivity index (χ1v) is 13.4. The second-order valence-electron chi connectivity index (χ2n) is 5.50. The summed E-state index contributed by atoms with van der Waals surface area (Å²) < 4.78 is 0. The summed E-state index contributed by atoms with van der Waals surface area (Å²) in [4.78, 5) is 23.0. The molecule has 1 aliphatic rings. The summed E-state index contributed by atoms with van der Waals surface area (Å²) in [5.41, 5.74) is 3.68. The molecule has 0 saturated heterocycles. The van der Waals surface area contributed by atoms with E-state index in [1.807, 2.05) is 97.1 Å². The molecule has 0 spiro atoms. The van der Waals surface area contributed by atoms with Gasteiger partial charge in [-0.25, -0.2) is 12.1 Å². The van der Waals surface area contributed by atoms with Gasteiger partial charge in [-0.15, -0.1) is 0 Å². The molecule has 3 aromatic rings. The van der Waals surface area contributed by atoms with Crippen LogP contribution in [-0.2, 0) is 33.0 Å². The van der Waals surface area contributed by atoms with Gasteiger partial charge in [0.15, 0.2) is 0 Å². The standard InChI is InChI=1S/C17H13O2P.C5H5.2ClH.Fe.Pd/c18-20(19)16-12-11-15(13-7-3-1-4-8-13)17(16)14-9-5-2-6-10-14;1-2-4-5-3-1;;;;/h1-12H,(H,18,19);1-5H;2*1H;;/q;-1;;;2*+2/p-3. The summed E-state index contributed by atoms with van der Waals surface area (Å²) in [5.74, 6) is 0. The van der Waals surface area contributed by atoms with Gasteiger partial charge in [0.05, 0.1) is 0 Å². The Balaban J connectivity index is 0.000000396. The predicted molar refractivity (Wildman–Crippen MR) is 115 cm³/mol. The van der Waals surface area contributed by atoms with Gasteiger partial charge in [-0.05, 0) is 28.9 Å². The molecule has 0 bridgehead atoms. The van der Waals surface area contributed by atoms with Crippen LogP contribution in [0, 0.1) is 0 Å². The molecule has 154 valence electrons. The zero-order valence-electron chi connectivity index (χ0n) is 15.0. The number of rotatable bonds is 2. The largest absolute Gasteiger partial charge is 2.00 e. The molecule has 1 aliphatic carbocycles. The Morgan fingerprint density at radius 3 is 1.62 bits per heavy atom. The third kappa shape index (κ3) is 8.41. The van der Waals surface area contributed by atoms with Crippen molar-refractivity contribution in [3.8, 4) is 0 Å². The third-order valence-electron chi connectivity index (χ3n) is 3.83. The molecule has 0 amide bonds. The van der Waals surface area contributed by atoms with Crippen LogP contribution in [0.3, 0.4) is 0 Å². The predicted octanol–water partition coefficient (Wildman–Crippen LogP) is 5.15. The molecule has 0 atom stereocenters. The van der Waals surface area contributed by atoms with Crippen molar-refractivity contribution in [1.29, 1.82) is 0 Å². The Bertz CT molecular complexity index is 907. The fourth-order valence-corrected chi connectivity index (χ4v) is 3.33. The van der Waals surface area contributed by atoms with Crippen LogP contribution in [0.15, 0.2) is 103 Å². The van der Waals surface area contributed by atoms with Crippen LogP contribution in [0.2, 0.25) is 0 Å². The maximum absolute atomic E-state index is 11.5. The third-order valence-corrected chi connectivity index (χ3v) is 4.60. The van der Waals surface area contributed by atoms with Gasteiger partial charge in [0, 0.05) is 13.6 Å². The molecule has 0 aromatic heterocycles. The summed E-state index contributed by atoms with van der Waals surface area (Å²) in [6, 6.07) is 29.5. The molecular formula is C22H17Cl2FeO2PPd. The van der Waals surface area contributed by atoms with Gasteiger partial charge in [-0.2, -0.15) is 18.2 Å². The Kier molecular flexibility index (Phi) is 13.5. The van der Waals surface area contributed by atoms with E-state index >= 15 is 0 Å². The Hall–Kier alpha value is -0.878.